The van der Waals surface area contributed by atoms with Crippen LogP contribution in [0, 0.1) is 5.92 Å². The van der Waals surface area contributed by atoms with Crippen LogP contribution in [0.5, 0.6) is 0 Å². The average Bonchev–Trinajstić information content (AvgIpc) is 2.99. The molecule has 5 nitrogen and oxygen atoms in total. The van der Waals surface area contributed by atoms with Crippen molar-refractivity contribution in [1.82, 2.24) is 20.4 Å². The predicted octanol–water partition coefficient (Wildman–Crippen LogP) is 0.662. The van der Waals surface area contributed by atoms with E-state index in [0.717, 1.165) is 50.9 Å². The minimum Gasteiger partial charge on any atom is -0.369 e. The first-order valence-electron chi connectivity index (χ1n) is 8.73. The summed E-state index contributed by atoms with van der Waals surface area (Å²) in [5, 5.41) is 6.79. The summed E-state index contributed by atoms with van der Waals surface area (Å²) >= 11 is 0. The summed E-state index contributed by atoms with van der Waals surface area (Å²) in [6, 6.07) is 0.366. The van der Waals surface area contributed by atoms with Crippen LogP contribution in [0.1, 0.15) is 25.7 Å². The van der Waals surface area contributed by atoms with E-state index < -0.39 is 0 Å². The third kappa shape index (κ3) is 2.51. The first-order valence-corrected chi connectivity index (χ1v) is 8.73. The van der Waals surface area contributed by atoms with E-state index in [0.29, 0.717) is 11.9 Å². The zero-order valence-electron chi connectivity index (χ0n) is 13.1. The molecule has 0 aromatic heterocycles. The Kier molecular flexibility index (Phi) is 3.82. The van der Waals surface area contributed by atoms with E-state index in [1.165, 1.54) is 19.3 Å². The van der Waals surface area contributed by atoms with Gasteiger partial charge in [-0.3, -0.25) is 4.79 Å². The molecule has 4 rings (SSSR count). The number of allylic oxidation sites excluding steroid dienone is 2. The van der Waals surface area contributed by atoms with Gasteiger partial charge in [0.05, 0.1) is 6.04 Å². The molecule has 0 aromatic carbocycles. The maximum absolute atomic E-state index is 12.7. The van der Waals surface area contributed by atoms with Gasteiger partial charge in [-0.25, -0.2) is 0 Å². The van der Waals surface area contributed by atoms with Crippen LogP contribution in [0.3, 0.4) is 0 Å². The minimum atomic E-state index is 0.00818. The van der Waals surface area contributed by atoms with Crippen molar-refractivity contribution in [2.75, 3.05) is 32.7 Å². The van der Waals surface area contributed by atoms with Gasteiger partial charge in [0, 0.05) is 19.6 Å². The second-order valence-corrected chi connectivity index (χ2v) is 6.93. The Hall–Kier alpha value is -1.49. The molecule has 3 saturated heterocycles. The van der Waals surface area contributed by atoms with Gasteiger partial charge in [0.15, 0.2) is 0 Å². The Morgan fingerprint density at radius 3 is 3.00 bits per heavy atom. The van der Waals surface area contributed by atoms with E-state index in [-0.39, 0.29) is 6.04 Å². The van der Waals surface area contributed by atoms with Gasteiger partial charge in [-0.2, -0.15) is 0 Å². The minimum absolute atomic E-state index is 0.00818. The van der Waals surface area contributed by atoms with Crippen LogP contribution in [0.4, 0.5) is 0 Å². The summed E-state index contributed by atoms with van der Waals surface area (Å²) in [5.74, 6) is 2.29. The van der Waals surface area contributed by atoms with E-state index in [1.54, 1.807) is 0 Å². The summed E-state index contributed by atoms with van der Waals surface area (Å²) in [6.45, 7) is 4.86. The van der Waals surface area contributed by atoms with Crippen molar-refractivity contribution >= 4 is 5.91 Å². The number of hydrogen-bond acceptors (Lipinski definition) is 4. The molecule has 0 radical (unpaired) electrons. The standard InChI is InChI=1S/C17H26N4O/c22-17-15-11-19-16-5-1-4-14(21(15)16)12-20(17)10-2-3-13-6-8-18-9-7-13/h1,4-5,13-15,18-19H,2-3,6-12H2. The molecular weight excluding hydrogens is 276 g/mol. The third-order valence-corrected chi connectivity index (χ3v) is 5.54. The molecule has 5 heteroatoms. The summed E-state index contributed by atoms with van der Waals surface area (Å²) < 4.78 is 0. The Balaban J connectivity index is 1.34. The number of piperidine rings is 1. The van der Waals surface area contributed by atoms with E-state index in [9.17, 15) is 4.79 Å². The van der Waals surface area contributed by atoms with Gasteiger partial charge in [-0.05, 0) is 50.8 Å². The highest BCUT2D eigenvalue weighted by atomic mass is 16.2. The fourth-order valence-corrected chi connectivity index (χ4v) is 4.31. The number of amides is 1. The number of nitrogens with one attached hydrogen (secondary N) is 2. The molecule has 22 heavy (non-hydrogen) atoms. The van der Waals surface area contributed by atoms with Crippen LogP contribution in [0.15, 0.2) is 24.0 Å². The molecule has 4 heterocycles. The predicted molar refractivity (Wildman–Crippen MR) is 86.0 cm³/mol. The van der Waals surface area contributed by atoms with Gasteiger partial charge < -0.3 is 20.4 Å². The molecule has 2 unspecified atom stereocenters. The molecule has 2 N–H and O–H groups in total. The van der Waals surface area contributed by atoms with Gasteiger partial charge in [-0.15, -0.1) is 0 Å². The molecule has 0 saturated carbocycles. The van der Waals surface area contributed by atoms with Crippen molar-refractivity contribution in [1.29, 1.82) is 0 Å². The maximum atomic E-state index is 12.7. The molecule has 0 aromatic rings. The van der Waals surface area contributed by atoms with Crippen LogP contribution < -0.4 is 10.6 Å². The summed E-state index contributed by atoms with van der Waals surface area (Å²) in [6.07, 6.45) is 11.4. The molecular formula is C17H26N4O. The number of rotatable bonds is 4. The highest BCUT2D eigenvalue weighted by Crippen LogP contribution is 2.29. The normalized spacial score (nSPS) is 31.1. The third-order valence-electron chi connectivity index (χ3n) is 5.54. The molecule has 4 aliphatic heterocycles. The maximum Gasteiger partial charge on any atom is 0.247 e. The number of nitrogens with zero attached hydrogens (tertiary/aromatic N) is 2. The monoisotopic (exact) mass is 302 g/mol. The van der Waals surface area contributed by atoms with Crippen molar-refractivity contribution in [2.24, 2.45) is 5.92 Å². The molecule has 3 fully saturated rings. The van der Waals surface area contributed by atoms with Crippen LogP contribution in [0.2, 0.25) is 0 Å². The fraction of sp³-hybridized carbons (Fsp3) is 0.706. The summed E-state index contributed by atoms with van der Waals surface area (Å²) in [5.41, 5.74) is 0. The lowest BCUT2D eigenvalue weighted by Gasteiger charge is -2.43. The number of carbonyl (C=O) groups excluding carboxylic acids is 1. The molecule has 1 amide bonds. The Morgan fingerprint density at radius 2 is 2.14 bits per heavy atom. The van der Waals surface area contributed by atoms with Crippen LogP contribution in [-0.4, -0.2) is 60.5 Å². The number of hydrogen-bond donors (Lipinski definition) is 2. The van der Waals surface area contributed by atoms with E-state index >= 15 is 0 Å². The van der Waals surface area contributed by atoms with Crippen molar-refractivity contribution in [2.45, 2.75) is 37.8 Å². The number of carbonyl (C=O) groups is 1. The lowest BCUT2D eigenvalue weighted by Crippen LogP contribution is -2.59. The SMILES string of the molecule is O=C1C2CNC3=CC=CC(CN1CCCC1CCNCC1)N32. The molecule has 120 valence electrons. The second kappa shape index (κ2) is 5.95. The van der Waals surface area contributed by atoms with Crippen LogP contribution in [0.25, 0.3) is 0 Å². The highest BCUT2D eigenvalue weighted by Gasteiger charge is 2.44. The zero-order chi connectivity index (χ0) is 14.9. The van der Waals surface area contributed by atoms with Gasteiger partial charge in [0.2, 0.25) is 5.91 Å². The highest BCUT2D eigenvalue weighted by molar-refractivity contribution is 5.84. The Labute approximate surface area is 132 Å². The van der Waals surface area contributed by atoms with Gasteiger partial charge in [0.25, 0.3) is 0 Å². The van der Waals surface area contributed by atoms with Crippen LogP contribution >= 0.6 is 0 Å². The van der Waals surface area contributed by atoms with Crippen molar-refractivity contribution in [3.05, 3.63) is 24.0 Å². The summed E-state index contributed by atoms with van der Waals surface area (Å²) in [7, 11) is 0. The quantitative estimate of drug-likeness (QED) is 0.801. The van der Waals surface area contributed by atoms with Gasteiger partial charge >= 0.3 is 0 Å². The Bertz CT molecular complexity index is 495. The van der Waals surface area contributed by atoms with Crippen molar-refractivity contribution < 1.29 is 4.79 Å². The molecule has 0 spiro atoms. The van der Waals surface area contributed by atoms with E-state index in [2.05, 4.69) is 38.7 Å². The fourth-order valence-electron chi connectivity index (χ4n) is 4.31. The van der Waals surface area contributed by atoms with Crippen molar-refractivity contribution in [3.8, 4) is 0 Å². The molecule has 4 aliphatic rings. The first kappa shape index (κ1) is 14.1. The first-order chi connectivity index (χ1) is 10.8. The topological polar surface area (TPSA) is 47.6 Å². The summed E-state index contributed by atoms with van der Waals surface area (Å²) in [4.78, 5) is 17.1. The zero-order valence-corrected chi connectivity index (χ0v) is 13.1. The van der Waals surface area contributed by atoms with Crippen LogP contribution in [-0.2, 0) is 4.79 Å². The molecule has 0 aliphatic carbocycles. The largest absolute Gasteiger partial charge is 0.369 e. The molecule has 2 atom stereocenters. The Morgan fingerprint density at radius 1 is 1.27 bits per heavy atom. The van der Waals surface area contributed by atoms with E-state index in [4.69, 9.17) is 0 Å². The van der Waals surface area contributed by atoms with E-state index in [1.807, 2.05) is 0 Å². The lowest BCUT2D eigenvalue weighted by atomic mass is 9.93. The van der Waals surface area contributed by atoms with Crippen molar-refractivity contribution in [3.63, 3.8) is 0 Å². The van der Waals surface area contributed by atoms with Gasteiger partial charge in [-0.1, -0.05) is 12.2 Å². The second-order valence-electron chi connectivity index (χ2n) is 6.93. The smallest absolute Gasteiger partial charge is 0.247 e. The average molecular weight is 302 g/mol. The molecule has 0 bridgehead atoms. The lowest BCUT2D eigenvalue weighted by molar-refractivity contribution is -0.140. The number of piperazine rings is 1. The van der Waals surface area contributed by atoms with Gasteiger partial charge in [0.1, 0.15) is 11.9 Å².